The molecular formula is C23H26N6O2S. The number of hydrogen-bond donors (Lipinski definition) is 2. The van der Waals surface area contributed by atoms with E-state index in [-0.39, 0.29) is 18.2 Å². The Morgan fingerprint density at radius 3 is 2.88 bits per heavy atom. The van der Waals surface area contributed by atoms with Gasteiger partial charge in [0, 0.05) is 6.20 Å². The van der Waals surface area contributed by atoms with Gasteiger partial charge in [-0.25, -0.2) is 15.0 Å². The summed E-state index contributed by atoms with van der Waals surface area (Å²) in [6.07, 6.45) is 6.53. The fraction of sp³-hybridized carbons (Fsp3) is 0.435. The highest BCUT2D eigenvalue weighted by atomic mass is 32.1. The molecule has 6 rings (SSSR count). The van der Waals surface area contributed by atoms with Crippen molar-refractivity contribution >= 4 is 43.5 Å². The maximum absolute atomic E-state index is 6.39. The second-order valence-electron chi connectivity index (χ2n) is 9.24. The van der Waals surface area contributed by atoms with Crippen molar-refractivity contribution in [2.24, 2.45) is 5.92 Å². The van der Waals surface area contributed by atoms with Crippen LogP contribution in [0.15, 0.2) is 36.8 Å². The highest BCUT2D eigenvalue weighted by molar-refractivity contribution is 7.22. The topological polar surface area (TPSA) is 114 Å². The van der Waals surface area contributed by atoms with E-state index in [1.165, 1.54) is 23.2 Å². The lowest BCUT2D eigenvalue weighted by atomic mass is 9.96. The van der Waals surface area contributed by atoms with Gasteiger partial charge in [0.05, 0.1) is 27.7 Å². The summed E-state index contributed by atoms with van der Waals surface area (Å²) in [5, 5.41) is 1.49. The van der Waals surface area contributed by atoms with Crippen LogP contribution in [0.25, 0.3) is 21.3 Å². The van der Waals surface area contributed by atoms with E-state index in [2.05, 4.69) is 43.9 Å². The average Bonchev–Trinajstić information content (AvgIpc) is 3.47. The van der Waals surface area contributed by atoms with E-state index in [9.17, 15) is 0 Å². The standard InChI is InChI=1S/C23H26N6O2S/c1-23(2)30-18-13(5-3-12-4-6-17-15(9-12)28-22(25)32-17)10-16(19(18)31-23)29-8-7-14-20(24)26-11-27-21(14)29/h4,6-9,11,13,16,18-19H,3,5,10H2,1-2H3,(H2,25,28)(H2,24,26,27)/t13-,16+,18+,19-/m0/s1. The first-order valence-electron chi connectivity index (χ1n) is 11.0. The molecule has 4 aromatic rings. The quantitative estimate of drug-likeness (QED) is 0.484. The zero-order chi connectivity index (χ0) is 22.0. The minimum absolute atomic E-state index is 0.0254. The third-order valence-corrected chi connectivity index (χ3v) is 7.59. The molecule has 1 aliphatic heterocycles. The van der Waals surface area contributed by atoms with Crippen molar-refractivity contribution in [3.63, 3.8) is 0 Å². The average molecular weight is 451 g/mol. The monoisotopic (exact) mass is 450 g/mol. The molecule has 0 spiro atoms. The van der Waals surface area contributed by atoms with Crippen molar-refractivity contribution in [2.45, 2.75) is 57.1 Å². The number of nitrogens with zero attached hydrogens (tertiary/aromatic N) is 4. The summed E-state index contributed by atoms with van der Waals surface area (Å²) in [7, 11) is 0. The number of thiazole rings is 1. The molecule has 3 aromatic heterocycles. The van der Waals surface area contributed by atoms with Crippen LogP contribution in [0.1, 0.15) is 38.3 Å². The lowest BCUT2D eigenvalue weighted by molar-refractivity contribution is -0.160. The molecule has 1 aromatic carbocycles. The maximum atomic E-state index is 6.39. The Morgan fingerprint density at radius 1 is 1.16 bits per heavy atom. The Hall–Kier alpha value is -2.75. The summed E-state index contributed by atoms with van der Waals surface area (Å²) in [6.45, 7) is 3.99. The van der Waals surface area contributed by atoms with Gasteiger partial charge in [0.2, 0.25) is 0 Å². The first-order chi connectivity index (χ1) is 15.4. The number of anilines is 2. The molecule has 0 unspecified atom stereocenters. The summed E-state index contributed by atoms with van der Waals surface area (Å²) in [5.74, 6) is 0.279. The van der Waals surface area contributed by atoms with Crippen molar-refractivity contribution in [1.29, 1.82) is 0 Å². The predicted molar refractivity (Wildman–Crippen MR) is 125 cm³/mol. The molecule has 1 aliphatic carbocycles. The Morgan fingerprint density at radius 2 is 2.00 bits per heavy atom. The predicted octanol–water partition coefficient (Wildman–Crippen LogP) is 3.92. The zero-order valence-electron chi connectivity index (χ0n) is 18.1. The number of rotatable bonds is 4. The van der Waals surface area contributed by atoms with Crippen LogP contribution in [0, 0.1) is 5.92 Å². The van der Waals surface area contributed by atoms with Gasteiger partial charge >= 0.3 is 0 Å². The van der Waals surface area contributed by atoms with Crippen molar-refractivity contribution in [3.05, 3.63) is 42.4 Å². The number of benzene rings is 1. The van der Waals surface area contributed by atoms with Crippen LogP contribution in [0.2, 0.25) is 0 Å². The van der Waals surface area contributed by atoms with Gasteiger partial charge in [-0.2, -0.15) is 0 Å². The number of hydrogen-bond acceptors (Lipinski definition) is 8. The minimum Gasteiger partial charge on any atom is -0.383 e. The summed E-state index contributed by atoms with van der Waals surface area (Å²) in [4.78, 5) is 13.1. The highest BCUT2D eigenvalue weighted by Gasteiger charge is 2.54. The molecule has 32 heavy (non-hydrogen) atoms. The van der Waals surface area contributed by atoms with E-state index in [4.69, 9.17) is 20.9 Å². The fourth-order valence-electron chi connectivity index (χ4n) is 5.37. The van der Waals surface area contributed by atoms with Crippen LogP contribution in [0.3, 0.4) is 0 Å². The molecule has 8 nitrogen and oxygen atoms in total. The number of aryl methyl sites for hydroxylation is 1. The van der Waals surface area contributed by atoms with Gasteiger partial charge in [-0.1, -0.05) is 17.4 Å². The molecule has 2 aliphatic rings. The molecule has 0 radical (unpaired) electrons. The lowest BCUT2D eigenvalue weighted by Gasteiger charge is -2.24. The van der Waals surface area contributed by atoms with E-state index in [0.29, 0.717) is 16.9 Å². The first-order valence-corrected chi connectivity index (χ1v) is 11.8. The van der Waals surface area contributed by atoms with Crippen LogP contribution in [0.4, 0.5) is 10.9 Å². The molecule has 2 fully saturated rings. The number of aromatic nitrogens is 4. The second-order valence-corrected chi connectivity index (χ2v) is 10.3. The van der Waals surface area contributed by atoms with Crippen LogP contribution >= 0.6 is 11.3 Å². The van der Waals surface area contributed by atoms with E-state index in [1.807, 2.05) is 19.9 Å². The van der Waals surface area contributed by atoms with Gasteiger partial charge in [0.15, 0.2) is 10.9 Å². The van der Waals surface area contributed by atoms with E-state index >= 15 is 0 Å². The van der Waals surface area contributed by atoms with Gasteiger partial charge in [-0.3, -0.25) is 0 Å². The molecule has 4 heterocycles. The van der Waals surface area contributed by atoms with Crippen LogP contribution in [0.5, 0.6) is 0 Å². The van der Waals surface area contributed by atoms with Gasteiger partial charge in [0.1, 0.15) is 23.9 Å². The van der Waals surface area contributed by atoms with E-state index in [1.54, 1.807) is 0 Å². The second kappa shape index (κ2) is 7.13. The molecule has 1 saturated carbocycles. The Bertz CT molecular complexity index is 1310. The number of ether oxygens (including phenoxy) is 2. The zero-order valence-corrected chi connectivity index (χ0v) is 18.9. The van der Waals surface area contributed by atoms with E-state index < -0.39 is 5.79 Å². The number of nitrogen functional groups attached to an aromatic ring is 2. The molecule has 0 bridgehead atoms. The molecule has 9 heteroatoms. The van der Waals surface area contributed by atoms with E-state index in [0.717, 1.165) is 40.5 Å². The summed E-state index contributed by atoms with van der Waals surface area (Å²) in [5.41, 5.74) is 15.0. The van der Waals surface area contributed by atoms with Crippen molar-refractivity contribution in [2.75, 3.05) is 11.5 Å². The maximum Gasteiger partial charge on any atom is 0.181 e. The first kappa shape index (κ1) is 19.9. The van der Waals surface area contributed by atoms with Gasteiger partial charge in [-0.15, -0.1) is 0 Å². The fourth-order valence-corrected chi connectivity index (χ4v) is 6.08. The highest BCUT2D eigenvalue weighted by Crippen LogP contribution is 2.49. The van der Waals surface area contributed by atoms with Crippen molar-refractivity contribution in [1.82, 2.24) is 19.5 Å². The third-order valence-electron chi connectivity index (χ3n) is 6.72. The van der Waals surface area contributed by atoms with Gasteiger partial charge < -0.3 is 25.5 Å². The summed E-state index contributed by atoms with van der Waals surface area (Å²) < 4.78 is 16.1. The largest absolute Gasteiger partial charge is 0.383 e. The van der Waals surface area contributed by atoms with Gasteiger partial charge in [0.25, 0.3) is 0 Å². The SMILES string of the molecule is CC1(C)O[C@@H]2[C@@H](CCc3ccc4sc(N)nc4c3)C[C@@H](n3ccc4c(N)ncnc43)[C@@H]2O1. The minimum atomic E-state index is -0.597. The normalized spacial score (nSPS) is 26.8. The van der Waals surface area contributed by atoms with Crippen LogP contribution < -0.4 is 11.5 Å². The molecule has 4 N–H and O–H groups in total. The molecule has 4 atom stereocenters. The van der Waals surface area contributed by atoms with Gasteiger partial charge in [-0.05, 0) is 62.8 Å². The number of fused-ring (bicyclic) bond motifs is 3. The summed E-state index contributed by atoms with van der Waals surface area (Å²) in [6, 6.07) is 8.58. The molecule has 0 amide bonds. The molecule has 1 saturated heterocycles. The Kier molecular flexibility index (Phi) is 4.43. The van der Waals surface area contributed by atoms with Crippen molar-refractivity contribution < 1.29 is 9.47 Å². The van der Waals surface area contributed by atoms with Crippen LogP contribution in [-0.4, -0.2) is 37.5 Å². The lowest BCUT2D eigenvalue weighted by Crippen LogP contribution is -2.27. The Labute approximate surface area is 189 Å². The molecular weight excluding hydrogens is 424 g/mol. The number of nitrogens with two attached hydrogens (primary N) is 2. The third kappa shape index (κ3) is 3.23. The summed E-state index contributed by atoms with van der Waals surface area (Å²) >= 11 is 1.53. The smallest absolute Gasteiger partial charge is 0.181 e. The molecule has 166 valence electrons. The van der Waals surface area contributed by atoms with Crippen molar-refractivity contribution in [3.8, 4) is 0 Å². The van der Waals surface area contributed by atoms with Crippen LogP contribution in [-0.2, 0) is 15.9 Å². The Balaban J connectivity index is 1.27.